The average Bonchev–Trinajstić information content (AvgIpc) is 1.99. The lowest BCUT2D eigenvalue weighted by atomic mass is 10.3. The van der Waals surface area contributed by atoms with Gasteiger partial charge in [0.25, 0.3) is 0 Å². The summed E-state index contributed by atoms with van der Waals surface area (Å²) in [6, 6.07) is 0. The highest BCUT2D eigenvalue weighted by atomic mass is 16.1. The topological polar surface area (TPSA) is 20.3 Å². The van der Waals surface area contributed by atoms with E-state index in [1.807, 2.05) is 13.1 Å². The van der Waals surface area contributed by atoms with Gasteiger partial charge in [-0.25, -0.2) is 0 Å². The quantitative estimate of drug-likeness (QED) is 0.436. The van der Waals surface area contributed by atoms with Gasteiger partial charge in [-0.05, 0) is 20.8 Å². The van der Waals surface area contributed by atoms with Gasteiger partial charge < -0.3 is 4.90 Å². The number of rotatable bonds is 4. The molecule has 0 aliphatic heterocycles. The fourth-order valence-electron chi connectivity index (χ4n) is 0.725. The number of carbonyl (C=O) groups is 1. The molecule has 0 amide bonds. The first-order valence-electron chi connectivity index (χ1n) is 3.62. The number of carbonyl (C=O) groups excluding carboxylic acids is 1. The fraction of sp³-hybridized carbons (Fsp3) is 0.625. The maximum atomic E-state index is 10.2. The van der Waals surface area contributed by atoms with Crippen molar-refractivity contribution in [3.05, 3.63) is 11.8 Å². The van der Waals surface area contributed by atoms with Crippen LogP contribution >= 0.6 is 0 Å². The first-order valence-corrected chi connectivity index (χ1v) is 3.62. The van der Waals surface area contributed by atoms with Crippen molar-refractivity contribution in [2.45, 2.75) is 20.8 Å². The molecule has 0 heterocycles. The Morgan fingerprint density at radius 2 is 1.90 bits per heavy atom. The summed E-state index contributed by atoms with van der Waals surface area (Å²) in [6.07, 6.45) is 2.76. The minimum absolute atomic E-state index is 0.781. The minimum Gasteiger partial charge on any atom is -0.378 e. The highest BCUT2D eigenvalue weighted by molar-refractivity contribution is 5.71. The van der Waals surface area contributed by atoms with Crippen LogP contribution in [-0.2, 0) is 4.79 Å². The van der Waals surface area contributed by atoms with E-state index in [-0.39, 0.29) is 0 Å². The molecule has 0 unspecified atom stereocenters. The molecule has 0 atom stereocenters. The summed E-state index contributed by atoms with van der Waals surface area (Å²) in [6.45, 7) is 7.87. The van der Waals surface area contributed by atoms with Crippen molar-refractivity contribution >= 4 is 6.29 Å². The second-order valence-corrected chi connectivity index (χ2v) is 2.21. The molecule has 0 aliphatic carbocycles. The van der Waals surface area contributed by atoms with Gasteiger partial charge in [0.15, 0.2) is 0 Å². The molecule has 0 radical (unpaired) electrons. The SMILES string of the molecule is CCN(/C=C(\C)C=O)CC. The maximum absolute atomic E-state index is 10.2. The molecule has 0 aromatic rings. The van der Waals surface area contributed by atoms with Crippen LogP contribution in [0.3, 0.4) is 0 Å². The minimum atomic E-state index is 0.781. The monoisotopic (exact) mass is 141 g/mol. The second-order valence-electron chi connectivity index (χ2n) is 2.21. The molecule has 0 aliphatic rings. The van der Waals surface area contributed by atoms with Gasteiger partial charge in [-0.2, -0.15) is 0 Å². The number of nitrogens with zero attached hydrogens (tertiary/aromatic N) is 1. The van der Waals surface area contributed by atoms with Gasteiger partial charge in [0.05, 0.1) is 0 Å². The molecule has 58 valence electrons. The van der Waals surface area contributed by atoms with Gasteiger partial charge in [0.1, 0.15) is 6.29 Å². The van der Waals surface area contributed by atoms with Crippen molar-refractivity contribution in [2.24, 2.45) is 0 Å². The van der Waals surface area contributed by atoms with Crippen molar-refractivity contribution < 1.29 is 4.79 Å². The highest BCUT2D eigenvalue weighted by Crippen LogP contribution is 1.93. The van der Waals surface area contributed by atoms with Crippen LogP contribution in [0.5, 0.6) is 0 Å². The fourth-order valence-corrected chi connectivity index (χ4v) is 0.725. The van der Waals surface area contributed by atoms with Crippen LogP contribution in [0.2, 0.25) is 0 Å². The van der Waals surface area contributed by atoms with Crippen LogP contribution in [0.4, 0.5) is 0 Å². The summed E-state index contributed by atoms with van der Waals surface area (Å²) in [4.78, 5) is 12.3. The average molecular weight is 141 g/mol. The Morgan fingerprint density at radius 1 is 1.40 bits per heavy atom. The third kappa shape index (κ3) is 3.28. The molecule has 0 saturated carbocycles. The van der Waals surface area contributed by atoms with Crippen molar-refractivity contribution in [3.8, 4) is 0 Å². The normalized spacial score (nSPS) is 11.3. The van der Waals surface area contributed by atoms with Gasteiger partial charge >= 0.3 is 0 Å². The molecular formula is C8H15NO. The third-order valence-electron chi connectivity index (χ3n) is 1.38. The van der Waals surface area contributed by atoms with E-state index in [2.05, 4.69) is 18.7 Å². The zero-order chi connectivity index (χ0) is 7.98. The largest absolute Gasteiger partial charge is 0.378 e. The molecular weight excluding hydrogens is 126 g/mol. The van der Waals surface area contributed by atoms with Crippen LogP contribution in [0.15, 0.2) is 11.8 Å². The van der Waals surface area contributed by atoms with Crippen LogP contribution in [0.25, 0.3) is 0 Å². The number of hydrogen-bond donors (Lipinski definition) is 0. The van der Waals surface area contributed by atoms with E-state index in [9.17, 15) is 4.79 Å². The van der Waals surface area contributed by atoms with E-state index in [0.717, 1.165) is 24.9 Å². The van der Waals surface area contributed by atoms with Crippen LogP contribution < -0.4 is 0 Å². The van der Waals surface area contributed by atoms with Crippen molar-refractivity contribution in [1.29, 1.82) is 0 Å². The molecule has 0 aromatic heterocycles. The Bertz CT molecular complexity index is 125. The summed E-state index contributed by atoms with van der Waals surface area (Å²) >= 11 is 0. The van der Waals surface area contributed by atoms with Gasteiger partial charge in [-0.3, -0.25) is 4.79 Å². The molecule has 2 heteroatoms. The predicted octanol–water partition coefficient (Wildman–Crippen LogP) is 1.43. The van der Waals surface area contributed by atoms with Crippen molar-refractivity contribution in [2.75, 3.05) is 13.1 Å². The van der Waals surface area contributed by atoms with Crippen LogP contribution in [0.1, 0.15) is 20.8 Å². The maximum Gasteiger partial charge on any atom is 0.147 e. The zero-order valence-electron chi connectivity index (χ0n) is 6.92. The van der Waals surface area contributed by atoms with Crippen LogP contribution in [0, 0.1) is 0 Å². The summed E-state index contributed by atoms with van der Waals surface area (Å²) < 4.78 is 0. The van der Waals surface area contributed by atoms with E-state index in [1.165, 1.54) is 0 Å². The Kier molecular flexibility index (Phi) is 4.63. The first-order chi connectivity index (χ1) is 4.74. The van der Waals surface area contributed by atoms with Gasteiger partial charge in [-0.1, -0.05) is 0 Å². The Hall–Kier alpha value is -0.790. The molecule has 0 saturated heterocycles. The third-order valence-corrected chi connectivity index (χ3v) is 1.38. The smallest absolute Gasteiger partial charge is 0.147 e. The van der Waals surface area contributed by atoms with Crippen molar-refractivity contribution in [3.63, 3.8) is 0 Å². The summed E-state index contributed by atoms with van der Waals surface area (Å²) in [7, 11) is 0. The Balaban J connectivity index is 3.92. The molecule has 0 bridgehead atoms. The van der Waals surface area contributed by atoms with E-state index in [4.69, 9.17) is 0 Å². The summed E-state index contributed by atoms with van der Waals surface area (Å²) in [5.41, 5.74) is 0.781. The lowest BCUT2D eigenvalue weighted by Crippen LogP contribution is -2.16. The summed E-state index contributed by atoms with van der Waals surface area (Å²) in [5.74, 6) is 0. The molecule has 0 aromatic carbocycles. The zero-order valence-corrected chi connectivity index (χ0v) is 6.92. The molecule has 2 nitrogen and oxygen atoms in total. The first kappa shape index (κ1) is 9.21. The number of hydrogen-bond acceptors (Lipinski definition) is 2. The molecule has 10 heavy (non-hydrogen) atoms. The van der Waals surface area contributed by atoms with Gasteiger partial charge in [0, 0.05) is 24.9 Å². The van der Waals surface area contributed by atoms with Crippen molar-refractivity contribution in [1.82, 2.24) is 4.90 Å². The van der Waals surface area contributed by atoms with Gasteiger partial charge in [0.2, 0.25) is 0 Å². The lowest BCUT2D eigenvalue weighted by Gasteiger charge is -2.14. The highest BCUT2D eigenvalue weighted by Gasteiger charge is 1.91. The molecule has 0 rings (SSSR count). The predicted molar refractivity (Wildman–Crippen MR) is 42.7 cm³/mol. The van der Waals surface area contributed by atoms with E-state index in [1.54, 1.807) is 0 Å². The van der Waals surface area contributed by atoms with E-state index in [0.29, 0.717) is 0 Å². The Labute approximate surface area is 62.5 Å². The number of aldehydes is 1. The van der Waals surface area contributed by atoms with E-state index >= 15 is 0 Å². The Morgan fingerprint density at radius 3 is 2.20 bits per heavy atom. The van der Waals surface area contributed by atoms with E-state index < -0.39 is 0 Å². The molecule has 0 N–H and O–H groups in total. The lowest BCUT2D eigenvalue weighted by molar-refractivity contribution is -0.104. The second kappa shape index (κ2) is 5.03. The van der Waals surface area contributed by atoms with Crippen LogP contribution in [-0.4, -0.2) is 24.3 Å². The van der Waals surface area contributed by atoms with Gasteiger partial charge in [-0.15, -0.1) is 0 Å². The molecule has 0 spiro atoms. The number of allylic oxidation sites excluding steroid dienone is 1. The summed E-state index contributed by atoms with van der Waals surface area (Å²) in [5, 5.41) is 0. The molecule has 0 fully saturated rings. The standard InChI is InChI=1S/C8H15NO/c1-4-9(5-2)6-8(3)7-10/h6-7H,4-5H2,1-3H3/b8-6+.